The average molecular weight is 1120 g/mol. The highest BCUT2D eigenvalue weighted by Gasteiger charge is 2.44. The minimum absolute atomic E-state index is 0.0829. The van der Waals surface area contributed by atoms with Gasteiger partial charge in [0.15, 0.2) is 0 Å². The van der Waals surface area contributed by atoms with Gasteiger partial charge in [0.25, 0.3) is 6.71 Å². The molecule has 0 saturated heterocycles. The molecule has 0 aliphatic carbocycles. The molecule has 0 saturated carbocycles. The molecular weight excluding hydrogens is 1050 g/mol. The van der Waals surface area contributed by atoms with Gasteiger partial charge in [-0.1, -0.05) is 224 Å². The predicted molar refractivity (Wildman–Crippen MR) is 370 cm³/mol. The lowest BCUT2D eigenvalue weighted by Crippen LogP contribution is -2.61. The van der Waals surface area contributed by atoms with Gasteiger partial charge in [-0.15, -0.1) is 0 Å². The summed E-state index contributed by atoms with van der Waals surface area (Å²) >= 11 is 0. The highest BCUT2D eigenvalue weighted by atomic mass is 15.2. The zero-order chi connectivity index (χ0) is 68.0. The van der Waals surface area contributed by atoms with Gasteiger partial charge in [-0.2, -0.15) is 0 Å². The molecule has 0 unspecified atom stereocenters. The molecule has 0 N–H and O–H groups in total. The van der Waals surface area contributed by atoms with Crippen molar-refractivity contribution in [2.24, 2.45) is 0 Å². The molecule has 87 heavy (non-hydrogen) atoms. The van der Waals surface area contributed by atoms with Crippen LogP contribution in [-0.2, 0) is 0 Å². The molecule has 5 heteroatoms. The van der Waals surface area contributed by atoms with Gasteiger partial charge in [0, 0.05) is 94.4 Å². The monoisotopic (exact) mass is 1120 g/mol. The molecule has 4 nitrogen and oxygen atoms in total. The van der Waals surface area contributed by atoms with E-state index in [4.69, 9.17) is 16.4 Å². The first-order valence-corrected chi connectivity index (χ1v) is 29.4. The van der Waals surface area contributed by atoms with Gasteiger partial charge >= 0.3 is 0 Å². The summed E-state index contributed by atoms with van der Waals surface area (Å²) in [5, 5.41) is 4.24. The number of benzene rings is 13. The molecule has 0 fully saturated rings. The molecule has 0 spiro atoms. The first-order chi connectivity index (χ1) is 47.7. The number of anilines is 6. The van der Waals surface area contributed by atoms with Crippen LogP contribution in [0.15, 0.2) is 285 Å². The predicted octanol–water partition coefficient (Wildman–Crippen LogP) is 19.9. The molecule has 0 amide bonds. The first kappa shape index (κ1) is 39.6. The second-order valence-corrected chi connectivity index (χ2v) is 22.6. The fourth-order valence-electron chi connectivity index (χ4n) is 14.4. The van der Waals surface area contributed by atoms with Gasteiger partial charge in [-0.25, -0.2) is 0 Å². The molecule has 2 aliphatic heterocycles. The van der Waals surface area contributed by atoms with Gasteiger partial charge in [0.1, 0.15) is 0 Å². The van der Waals surface area contributed by atoms with Crippen LogP contribution in [0.5, 0.6) is 0 Å². The van der Waals surface area contributed by atoms with E-state index in [0.717, 1.165) is 105 Å². The number of aromatic nitrogens is 2. The lowest BCUT2D eigenvalue weighted by Gasteiger charge is -2.45. The number of fused-ring (bicyclic) bond motifs is 10. The lowest BCUT2D eigenvalue weighted by molar-refractivity contribution is 1.17. The van der Waals surface area contributed by atoms with Crippen molar-refractivity contribution >= 4 is 101 Å². The molecular formula is C82H59BN4. The second kappa shape index (κ2) is 19.9. The number of aryl methyl sites for hydroxylation is 4. The molecule has 4 heterocycles. The summed E-state index contributed by atoms with van der Waals surface area (Å²) in [6, 6.07) is 93.4. The smallest absolute Gasteiger partial charge is 0.252 e. The quantitative estimate of drug-likeness (QED) is 0.141. The minimum atomic E-state index is -2.74. The third-order valence-corrected chi connectivity index (χ3v) is 18.0. The van der Waals surface area contributed by atoms with Crippen molar-refractivity contribution in [3.63, 3.8) is 0 Å². The Morgan fingerprint density at radius 2 is 0.644 bits per heavy atom. The fourth-order valence-corrected chi connectivity index (χ4v) is 14.4. The van der Waals surface area contributed by atoms with Crippen LogP contribution in [0.25, 0.3) is 99.5 Å². The Bertz CT molecular complexity index is 5380. The van der Waals surface area contributed by atoms with Crippen LogP contribution in [0.4, 0.5) is 34.1 Å². The summed E-state index contributed by atoms with van der Waals surface area (Å²) in [6.07, 6.45) is 0. The third-order valence-electron chi connectivity index (χ3n) is 18.0. The maximum Gasteiger partial charge on any atom is 0.252 e. The summed E-state index contributed by atoms with van der Waals surface area (Å²) < 4.78 is 113. The Balaban J connectivity index is 1.01. The number of rotatable bonds is 8. The van der Waals surface area contributed by atoms with Crippen molar-refractivity contribution < 1.29 is 16.4 Å². The van der Waals surface area contributed by atoms with E-state index in [0.29, 0.717) is 33.9 Å². The van der Waals surface area contributed by atoms with Crippen molar-refractivity contribution in [2.75, 3.05) is 9.80 Å². The van der Waals surface area contributed by atoms with E-state index in [1.807, 2.05) is 91.0 Å². The van der Waals surface area contributed by atoms with Crippen molar-refractivity contribution in [3.8, 4) is 55.9 Å². The Labute approximate surface area is 524 Å². The Kier molecular flexibility index (Phi) is 9.05. The summed E-state index contributed by atoms with van der Waals surface area (Å²) in [4.78, 5) is 4.30. The standard InChI is InChI=1S/C82H59BN4/c1-52-24-19-25-53(2)78(52)66-34-13-17-42-72(66)86-74-44-23-45-75-80(74)83(68-48-46-58(50-76(68)86)84-70-40-15-11-32-62(70)64-38-21-36-60(81(64)84)56-28-7-5-8-29-56)69-49-47-59(51-77(69)87(75)73-43-18-14-35-67(73)79-54(3)26-20-27-55(79)4)85-71-41-16-12-33-63(71)65-39-22-37-61(82(65)85)57-30-9-6-10-31-57/h5-51H,1-4H3/i1D3,2D3,3D3,4D3. The van der Waals surface area contributed by atoms with Crippen LogP contribution in [0.2, 0.25) is 0 Å². The topological polar surface area (TPSA) is 16.3 Å². The minimum Gasteiger partial charge on any atom is -0.311 e. The van der Waals surface area contributed by atoms with Crippen molar-refractivity contribution in [3.05, 3.63) is 307 Å². The summed E-state index contributed by atoms with van der Waals surface area (Å²) in [5.74, 6) is 0. The molecule has 17 rings (SSSR count). The zero-order valence-electron chi connectivity index (χ0n) is 59.0. The van der Waals surface area contributed by atoms with E-state index in [9.17, 15) is 0 Å². The van der Waals surface area contributed by atoms with E-state index in [1.54, 1.807) is 12.1 Å². The van der Waals surface area contributed by atoms with E-state index in [-0.39, 0.29) is 33.4 Å². The number of hydrogen-bond acceptors (Lipinski definition) is 2. The molecule has 13 aromatic carbocycles. The van der Waals surface area contributed by atoms with Gasteiger partial charge in [-0.3, -0.25) is 0 Å². The number of hydrogen-bond donors (Lipinski definition) is 0. The molecule has 0 radical (unpaired) electrons. The van der Waals surface area contributed by atoms with Crippen LogP contribution < -0.4 is 26.2 Å². The van der Waals surface area contributed by atoms with Gasteiger partial charge in [0.05, 0.1) is 33.4 Å². The van der Waals surface area contributed by atoms with E-state index >= 15 is 0 Å². The Morgan fingerprint density at radius 3 is 1.09 bits per heavy atom. The van der Waals surface area contributed by atoms with Gasteiger partial charge in [-0.05, 0) is 149 Å². The van der Waals surface area contributed by atoms with Crippen LogP contribution in [0.1, 0.15) is 38.7 Å². The maximum absolute atomic E-state index is 9.02. The lowest BCUT2D eigenvalue weighted by atomic mass is 9.33. The van der Waals surface area contributed by atoms with Crippen molar-refractivity contribution in [2.45, 2.75) is 27.4 Å². The Hall–Kier alpha value is -10.9. The summed E-state index contributed by atoms with van der Waals surface area (Å²) in [5.41, 5.74) is 16.7. The van der Waals surface area contributed by atoms with Gasteiger partial charge < -0.3 is 18.9 Å². The SMILES string of the molecule is [2H]C([2H])([2H])c1cccc(C([2H])([2H])[2H])c1-c1ccccc1N1c2cc(-n3c4ccccc4c4cccc(-c5ccccc5)c43)ccc2B2c3ccc(-n4c5ccccc5c5cccc(-c6ccccc6)c54)cc3N(c3ccccc3-c3c(C([2H])([2H])[2H])cccc3C([2H])([2H])[2H])c3cccc1c32. The van der Waals surface area contributed by atoms with Gasteiger partial charge in [0.2, 0.25) is 0 Å². The maximum atomic E-state index is 9.02. The zero-order valence-corrected chi connectivity index (χ0v) is 47.0. The molecule has 0 atom stereocenters. The molecule has 15 aromatic rings. The van der Waals surface area contributed by atoms with E-state index in [1.165, 1.54) is 36.4 Å². The van der Waals surface area contributed by atoms with E-state index in [2.05, 4.69) is 165 Å². The summed E-state index contributed by atoms with van der Waals surface area (Å²) in [7, 11) is 0. The Morgan fingerprint density at radius 1 is 0.287 bits per heavy atom. The second-order valence-electron chi connectivity index (χ2n) is 22.6. The molecule has 2 aliphatic rings. The molecule has 2 aromatic heterocycles. The highest BCUT2D eigenvalue weighted by Crippen LogP contribution is 2.51. The normalized spacial score (nSPS) is 15.1. The third kappa shape index (κ3) is 7.65. The van der Waals surface area contributed by atoms with Crippen LogP contribution in [0.3, 0.4) is 0 Å². The van der Waals surface area contributed by atoms with Crippen LogP contribution in [-0.4, -0.2) is 15.8 Å². The molecule has 0 bridgehead atoms. The first-order valence-electron chi connectivity index (χ1n) is 35.4. The number of nitrogens with zero attached hydrogens (tertiary/aromatic N) is 4. The van der Waals surface area contributed by atoms with Crippen molar-refractivity contribution in [1.82, 2.24) is 9.13 Å². The number of para-hydroxylation sites is 6. The summed E-state index contributed by atoms with van der Waals surface area (Å²) in [6.45, 7) is -11.5. The van der Waals surface area contributed by atoms with Crippen molar-refractivity contribution in [1.29, 1.82) is 0 Å². The van der Waals surface area contributed by atoms with Crippen LogP contribution in [0, 0.1) is 27.4 Å². The molecule has 410 valence electrons. The van der Waals surface area contributed by atoms with E-state index < -0.39 is 34.1 Å². The highest BCUT2D eigenvalue weighted by molar-refractivity contribution is 7.00. The largest absolute Gasteiger partial charge is 0.311 e. The van der Waals surface area contributed by atoms with Crippen LogP contribution >= 0.6 is 0 Å². The fraction of sp³-hybridized carbons (Fsp3) is 0.0488. The average Bonchev–Trinajstić information content (AvgIpc) is 1.01.